The van der Waals surface area contributed by atoms with E-state index in [2.05, 4.69) is 9.72 Å². The molecule has 0 aliphatic heterocycles. The number of ether oxygens (including phenoxy) is 1. The zero-order chi connectivity index (χ0) is 16.5. The van der Waals surface area contributed by atoms with Gasteiger partial charge in [0.2, 0.25) is 0 Å². The number of carbonyl (C=O) groups excluding carboxylic acids is 1. The minimum Gasteiger partial charge on any atom is -0.465 e. The smallest absolute Gasteiger partial charge is 0.433 e. The molecule has 0 spiro atoms. The maximum absolute atomic E-state index is 12.4. The van der Waals surface area contributed by atoms with Crippen molar-refractivity contribution in [1.29, 1.82) is 0 Å². The Hall–Kier alpha value is -1.64. The highest BCUT2D eigenvalue weighted by Gasteiger charge is 2.44. The lowest BCUT2D eigenvalue weighted by Gasteiger charge is -2.22. The molecule has 21 heavy (non-hydrogen) atoms. The van der Waals surface area contributed by atoms with Crippen molar-refractivity contribution in [1.82, 2.24) is 4.98 Å². The topological polar surface area (TPSA) is 73.3 Å². The number of aromatic nitrogens is 1. The average molecular weight is 325 g/mol. The van der Waals surface area contributed by atoms with Gasteiger partial charge in [0.1, 0.15) is 5.69 Å². The quantitative estimate of drug-likeness (QED) is 0.794. The molecular formula is C12H14F3NO4S. The number of nitrogens with zero attached hydrogens (tertiary/aromatic N) is 1. The van der Waals surface area contributed by atoms with Crippen molar-refractivity contribution in [2.24, 2.45) is 0 Å². The second-order valence-electron chi connectivity index (χ2n) is 4.61. The van der Waals surface area contributed by atoms with E-state index in [1.165, 1.54) is 6.92 Å². The van der Waals surface area contributed by atoms with Crippen LogP contribution >= 0.6 is 0 Å². The van der Waals surface area contributed by atoms with Gasteiger partial charge in [-0.2, -0.15) is 13.2 Å². The minimum absolute atomic E-state index is 0.0109. The van der Waals surface area contributed by atoms with Gasteiger partial charge < -0.3 is 4.74 Å². The zero-order valence-electron chi connectivity index (χ0n) is 11.6. The van der Waals surface area contributed by atoms with Crippen molar-refractivity contribution in [2.75, 3.05) is 6.61 Å². The van der Waals surface area contributed by atoms with Gasteiger partial charge in [0.05, 0.1) is 11.5 Å². The highest BCUT2D eigenvalue weighted by Crippen LogP contribution is 2.30. The van der Waals surface area contributed by atoms with Crippen LogP contribution in [0.1, 0.15) is 26.5 Å². The Morgan fingerprint density at radius 2 is 1.86 bits per heavy atom. The van der Waals surface area contributed by atoms with Crippen molar-refractivity contribution < 1.29 is 31.1 Å². The summed E-state index contributed by atoms with van der Waals surface area (Å²) >= 11 is 0. The molecule has 9 heteroatoms. The molecule has 0 atom stereocenters. The van der Waals surface area contributed by atoms with Crippen LogP contribution in [0, 0.1) is 0 Å². The van der Waals surface area contributed by atoms with E-state index in [1.54, 1.807) is 0 Å². The fraction of sp³-hybridized carbons (Fsp3) is 0.500. The van der Waals surface area contributed by atoms with E-state index in [-0.39, 0.29) is 6.61 Å². The summed E-state index contributed by atoms with van der Waals surface area (Å²) in [6.07, 6.45) is -4.09. The van der Waals surface area contributed by atoms with E-state index in [0.29, 0.717) is 12.3 Å². The molecule has 0 aliphatic carbocycles. The van der Waals surface area contributed by atoms with Crippen LogP contribution in [-0.2, 0) is 25.5 Å². The van der Waals surface area contributed by atoms with Gasteiger partial charge in [-0.25, -0.2) is 8.42 Å². The lowest BCUT2D eigenvalue weighted by molar-refractivity contribution is -0.145. The van der Waals surface area contributed by atoms with Crippen LogP contribution in [0.25, 0.3) is 0 Å². The third-order valence-corrected chi connectivity index (χ3v) is 5.15. The van der Waals surface area contributed by atoms with Crippen LogP contribution in [0.4, 0.5) is 13.2 Å². The maximum atomic E-state index is 12.4. The summed E-state index contributed by atoms with van der Waals surface area (Å²) in [4.78, 5) is 14.3. The monoisotopic (exact) mass is 325 g/mol. The molecule has 1 aromatic heterocycles. The SMILES string of the molecule is CCOC(=O)C(C)(C)S(=O)(=O)c1ccc(C(F)(F)F)nc1. The third kappa shape index (κ3) is 3.34. The molecule has 5 nitrogen and oxygen atoms in total. The van der Waals surface area contributed by atoms with Crippen LogP contribution in [0.15, 0.2) is 23.2 Å². The van der Waals surface area contributed by atoms with E-state index < -0.39 is 37.3 Å². The zero-order valence-corrected chi connectivity index (χ0v) is 12.4. The number of alkyl halides is 3. The van der Waals surface area contributed by atoms with Crippen molar-refractivity contribution in [2.45, 2.75) is 36.6 Å². The van der Waals surface area contributed by atoms with E-state index in [4.69, 9.17) is 0 Å². The Morgan fingerprint density at radius 3 is 2.24 bits per heavy atom. The predicted octanol–water partition coefficient (Wildman–Crippen LogP) is 2.22. The number of sulfone groups is 1. The summed E-state index contributed by atoms with van der Waals surface area (Å²) in [6, 6.07) is 1.32. The van der Waals surface area contributed by atoms with Crippen LogP contribution < -0.4 is 0 Å². The molecule has 0 saturated carbocycles. The summed E-state index contributed by atoms with van der Waals surface area (Å²) in [6.45, 7) is 3.75. The Morgan fingerprint density at radius 1 is 1.29 bits per heavy atom. The Balaban J connectivity index is 3.23. The molecule has 0 aromatic carbocycles. The van der Waals surface area contributed by atoms with Crippen molar-refractivity contribution >= 4 is 15.8 Å². The van der Waals surface area contributed by atoms with Gasteiger partial charge in [-0.3, -0.25) is 9.78 Å². The fourth-order valence-corrected chi connectivity index (χ4v) is 2.72. The lowest BCUT2D eigenvalue weighted by Crippen LogP contribution is -2.42. The van der Waals surface area contributed by atoms with E-state index in [1.807, 2.05) is 0 Å². The standard InChI is InChI=1S/C12H14F3NO4S/c1-4-20-10(17)11(2,3)21(18,19)8-5-6-9(16-7-8)12(13,14)15/h5-7H,4H2,1-3H3. The Labute approximate surface area is 120 Å². The molecule has 0 saturated heterocycles. The lowest BCUT2D eigenvalue weighted by atomic mass is 10.2. The second kappa shape index (κ2) is 5.63. The number of hydrogen-bond donors (Lipinski definition) is 0. The van der Waals surface area contributed by atoms with E-state index in [9.17, 15) is 26.4 Å². The highest BCUT2D eigenvalue weighted by atomic mass is 32.2. The molecule has 118 valence electrons. The fourth-order valence-electron chi connectivity index (χ4n) is 1.42. The summed E-state index contributed by atoms with van der Waals surface area (Å²) in [5, 5.41) is 0. The summed E-state index contributed by atoms with van der Waals surface area (Å²) in [5.41, 5.74) is -1.21. The van der Waals surface area contributed by atoms with Crippen LogP contribution in [-0.4, -0.2) is 30.7 Å². The molecule has 0 bridgehead atoms. The van der Waals surface area contributed by atoms with Gasteiger partial charge in [-0.15, -0.1) is 0 Å². The first-order chi connectivity index (χ1) is 9.44. The molecule has 0 fully saturated rings. The molecular weight excluding hydrogens is 311 g/mol. The first-order valence-corrected chi connectivity index (χ1v) is 7.38. The number of carbonyl (C=O) groups is 1. The van der Waals surface area contributed by atoms with Gasteiger partial charge >= 0.3 is 12.1 Å². The Bertz CT molecular complexity index is 621. The molecule has 1 rings (SSSR count). The Kier molecular flexibility index (Phi) is 4.66. The second-order valence-corrected chi connectivity index (χ2v) is 7.11. The van der Waals surface area contributed by atoms with Crippen LogP contribution in [0.5, 0.6) is 0 Å². The van der Waals surface area contributed by atoms with Crippen molar-refractivity contribution in [3.63, 3.8) is 0 Å². The largest absolute Gasteiger partial charge is 0.465 e. The number of halogens is 3. The molecule has 0 amide bonds. The van der Waals surface area contributed by atoms with Gasteiger partial charge in [-0.1, -0.05) is 0 Å². The van der Waals surface area contributed by atoms with E-state index >= 15 is 0 Å². The number of rotatable bonds is 4. The average Bonchev–Trinajstić information content (AvgIpc) is 2.37. The summed E-state index contributed by atoms with van der Waals surface area (Å²) < 4.78 is 64.5. The molecule has 0 radical (unpaired) electrons. The molecule has 0 aliphatic rings. The first-order valence-electron chi connectivity index (χ1n) is 5.89. The highest BCUT2D eigenvalue weighted by molar-refractivity contribution is 7.93. The summed E-state index contributed by atoms with van der Waals surface area (Å²) in [5.74, 6) is -0.982. The van der Waals surface area contributed by atoms with Crippen LogP contribution in [0.2, 0.25) is 0 Å². The number of hydrogen-bond acceptors (Lipinski definition) is 5. The van der Waals surface area contributed by atoms with Crippen molar-refractivity contribution in [3.05, 3.63) is 24.0 Å². The van der Waals surface area contributed by atoms with Gasteiger partial charge in [0.25, 0.3) is 0 Å². The predicted molar refractivity (Wildman–Crippen MR) is 67.1 cm³/mol. The molecule has 1 heterocycles. The minimum atomic E-state index is -4.67. The number of esters is 1. The van der Waals surface area contributed by atoms with Gasteiger partial charge in [0, 0.05) is 6.20 Å². The van der Waals surface area contributed by atoms with Crippen molar-refractivity contribution in [3.8, 4) is 0 Å². The normalized spacial score (nSPS) is 13.0. The molecule has 0 unspecified atom stereocenters. The molecule has 1 aromatic rings. The van der Waals surface area contributed by atoms with Gasteiger partial charge in [0.15, 0.2) is 14.6 Å². The van der Waals surface area contributed by atoms with E-state index in [0.717, 1.165) is 19.9 Å². The number of pyridine rings is 1. The van der Waals surface area contributed by atoms with Gasteiger partial charge in [-0.05, 0) is 32.9 Å². The maximum Gasteiger partial charge on any atom is 0.433 e. The van der Waals surface area contributed by atoms with Crippen LogP contribution in [0.3, 0.4) is 0 Å². The first kappa shape index (κ1) is 17.4. The third-order valence-electron chi connectivity index (χ3n) is 2.78. The summed E-state index contributed by atoms with van der Waals surface area (Å²) in [7, 11) is -4.23. The molecule has 0 N–H and O–H groups in total.